The minimum absolute atomic E-state index is 0.114. The molecule has 0 aliphatic heterocycles. The van der Waals surface area contributed by atoms with Crippen molar-refractivity contribution in [1.29, 1.82) is 0 Å². The Kier molecular flexibility index (Phi) is 3.01. The summed E-state index contributed by atoms with van der Waals surface area (Å²) in [6, 6.07) is 13.2. The number of benzene rings is 1. The number of ketones is 1. The second-order valence-corrected chi connectivity index (χ2v) is 3.52. The van der Waals surface area contributed by atoms with Crippen molar-refractivity contribution in [1.82, 2.24) is 0 Å². The minimum Gasteiger partial charge on any atom is -0.458 e. The summed E-state index contributed by atoms with van der Waals surface area (Å²) in [5.41, 5.74) is 0.999. The van der Waals surface area contributed by atoms with Crippen molar-refractivity contribution in [3.05, 3.63) is 65.6 Å². The molecule has 2 rings (SSSR count). The van der Waals surface area contributed by atoms with Crippen LogP contribution in [0.25, 0.3) is 6.08 Å². The van der Waals surface area contributed by atoms with Crippen LogP contribution in [0.4, 0.5) is 0 Å². The van der Waals surface area contributed by atoms with Crippen molar-refractivity contribution in [3.8, 4) is 0 Å². The van der Waals surface area contributed by atoms with Crippen LogP contribution in [0.2, 0.25) is 0 Å². The number of furan rings is 1. The molecule has 0 N–H and O–H groups in total. The van der Waals surface area contributed by atoms with Gasteiger partial charge >= 0.3 is 0 Å². The number of carbonyl (C=O) groups excluding carboxylic acids is 1. The van der Waals surface area contributed by atoms with Crippen LogP contribution in [0.1, 0.15) is 21.9 Å². The van der Waals surface area contributed by atoms with Gasteiger partial charge in [-0.3, -0.25) is 4.79 Å². The number of rotatable bonds is 3. The van der Waals surface area contributed by atoms with Crippen molar-refractivity contribution in [2.45, 2.75) is 6.92 Å². The van der Waals surface area contributed by atoms with Crippen LogP contribution in [-0.4, -0.2) is 5.78 Å². The Hall–Kier alpha value is -2.09. The Bertz CT molecular complexity index is 507. The van der Waals surface area contributed by atoms with Gasteiger partial charge in [-0.15, -0.1) is 0 Å². The van der Waals surface area contributed by atoms with E-state index in [-0.39, 0.29) is 5.78 Å². The Morgan fingerprint density at radius 1 is 1.12 bits per heavy atom. The van der Waals surface area contributed by atoms with E-state index in [1.807, 2.05) is 37.3 Å². The highest BCUT2D eigenvalue weighted by molar-refractivity contribution is 6.04. The summed E-state index contributed by atoms with van der Waals surface area (Å²) in [7, 11) is 0. The molecule has 0 aliphatic rings. The zero-order valence-corrected chi connectivity index (χ0v) is 9.01. The second kappa shape index (κ2) is 4.62. The Labute approximate surface area is 94.2 Å². The first kappa shape index (κ1) is 10.4. The summed E-state index contributed by atoms with van der Waals surface area (Å²) in [5, 5.41) is 0. The summed E-state index contributed by atoms with van der Waals surface area (Å²) in [6.45, 7) is 1.82. The molecule has 1 aromatic heterocycles. The molecule has 0 bridgehead atoms. The molecule has 0 spiro atoms. The average Bonchev–Trinajstić information content (AvgIpc) is 2.74. The fraction of sp³-hybridized carbons (Fsp3) is 0.0714. The Morgan fingerprint density at radius 2 is 1.88 bits per heavy atom. The van der Waals surface area contributed by atoms with Crippen molar-refractivity contribution in [2.24, 2.45) is 0 Å². The lowest BCUT2D eigenvalue weighted by Crippen LogP contribution is -1.90. The van der Waals surface area contributed by atoms with Gasteiger partial charge in [-0.25, -0.2) is 0 Å². The van der Waals surface area contributed by atoms with Gasteiger partial charge in [0.15, 0.2) is 5.76 Å². The molecule has 0 atom stereocenters. The molecule has 0 fully saturated rings. The predicted octanol–water partition coefficient (Wildman–Crippen LogP) is 3.48. The highest BCUT2D eigenvalue weighted by Crippen LogP contribution is 2.09. The Morgan fingerprint density at radius 3 is 2.50 bits per heavy atom. The average molecular weight is 212 g/mol. The molecular formula is C14H12O2. The van der Waals surface area contributed by atoms with E-state index >= 15 is 0 Å². The standard InChI is InChI=1S/C14H12O2/c1-11-7-10-14(16-11)13(15)9-8-12-5-3-2-4-6-12/h2-10H,1H3. The fourth-order valence-electron chi connectivity index (χ4n) is 1.39. The fourth-order valence-corrected chi connectivity index (χ4v) is 1.39. The number of hydrogen-bond donors (Lipinski definition) is 0. The molecular weight excluding hydrogens is 200 g/mol. The minimum atomic E-state index is -0.114. The summed E-state index contributed by atoms with van der Waals surface area (Å²) < 4.78 is 5.23. The topological polar surface area (TPSA) is 30.2 Å². The van der Waals surface area contributed by atoms with E-state index in [1.54, 1.807) is 18.2 Å². The van der Waals surface area contributed by atoms with Gasteiger partial charge in [0.2, 0.25) is 5.78 Å². The smallest absolute Gasteiger partial charge is 0.221 e. The van der Waals surface area contributed by atoms with E-state index in [0.29, 0.717) is 5.76 Å². The molecule has 0 radical (unpaired) electrons. The number of carbonyl (C=O) groups is 1. The molecule has 80 valence electrons. The van der Waals surface area contributed by atoms with Crippen LogP contribution in [0.3, 0.4) is 0 Å². The summed E-state index contributed by atoms with van der Waals surface area (Å²) in [5.74, 6) is 1.01. The molecule has 0 aliphatic carbocycles. The zero-order chi connectivity index (χ0) is 11.4. The molecule has 0 unspecified atom stereocenters. The Balaban J connectivity index is 2.11. The van der Waals surface area contributed by atoms with Crippen LogP contribution in [0.5, 0.6) is 0 Å². The summed E-state index contributed by atoms with van der Waals surface area (Å²) in [6.07, 6.45) is 3.30. The molecule has 0 amide bonds. The normalized spacial score (nSPS) is 10.8. The van der Waals surface area contributed by atoms with Gasteiger partial charge in [0.05, 0.1) is 0 Å². The molecule has 2 heteroatoms. The van der Waals surface area contributed by atoms with Crippen molar-refractivity contribution < 1.29 is 9.21 Å². The maximum Gasteiger partial charge on any atom is 0.221 e. The van der Waals surface area contributed by atoms with Crippen LogP contribution >= 0.6 is 0 Å². The number of aryl methyl sites for hydroxylation is 1. The van der Waals surface area contributed by atoms with E-state index in [0.717, 1.165) is 11.3 Å². The second-order valence-electron chi connectivity index (χ2n) is 3.52. The third-order valence-corrected chi connectivity index (χ3v) is 2.21. The lowest BCUT2D eigenvalue weighted by Gasteiger charge is -1.91. The quantitative estimate of drug-likeness (QED) is 0.576. The SMILES string of the molecule is Cc1ccc(C(=O)C=Cc2ccccc2)o1. The van der Waals surface area contributed by atoms with Crippen LogP contribution in [0.15, 0.2) is 53.0 Å². The lowest BCUT2D eigenvalue weighted by molar-refractivity contribution is 0.102. The van der Waals surface area contributed by atoms with Gasteiger partial charge in [-0.2, -0.15) is 0 Å². The monoisotopic (exact) mass is 212 g/mol. The van der Waals surface area contributed by atoms with E-state index < -0.39 is 0 Å². The molecule has 16 heavy (non-hydrogen) atoms. The molecule has 2 nitrogen and oxygen atoms in total. The van der Waals surface area contributed by atoms with Crippen LogP contribution in [0, 0.1) is 6.92 Å². The van der Waals surface area contributed by atoms with Gasteiger partial charge < -0.3 is 4.42 Å². The molecule has 1 aromatic carbocycles. The van der Waals surface area contributed by atoms with Gasteiger partial charge in [0.25, 0.3) is 0 Å². The molecule has 2 aromatic rings. The number of allylic oxidation sites excluding steroid dienone is 1. The maximum atomic E-state index is 11.7. The van der Waals surface area contributed by atoms with Gasteiger partial charge in [0.1, 0.15) is 5.76 Å². The van der Waals surface area contributed by atoms with Crippen LogP contribution < -0.4 is 0 Å². The molecule has 0 saturated carbocycles. The summed E-state index contributed by atoms with van der Waals surface area (Å²) in [4.78, 5) is 11.7. The first-order chi connectivity index (χ1) is 7.75. The third-order valence-electron chi connectivity index (χ3n) is 2.21. The highest BCUT2D eigenvalue weighted by Gasteiger charge is 2.05. The number of hydrogen-bond acceptors (Lipinski definition) is 2. The zero-order valence-electron chi connectivity index (χ0n) is 9.01. The van der Waals surface area contributed by atoms with Crippen molar-refractivity contribution in [2.75, 3.05) is 0 Å². The molecule has 1 heterocycles. The molecule has 0 saturated heterocycles. The predicted molar refractivity (Wildman–Crippen MR) is 63.3 cm³/mol. The lowest BCUT2D eigenvalue weighted by atomic mass is 10.2. The van der Waals surface area contributed by atoms with Gasteiger partial charge in [-0.05, 0) is 30.7 Å². The van der Waals surface area contributed by atoms with Gasteiger partial charge in [-0.1, -0.05) is 36.4 Å². The first-order valence-corrected chi connectivity index (χ1v) is 5.09. The van der Waals surface area contributed by atoms with E-state index in [1.165, 1.54) is 6.08 Å². The first-order valence-electron chi connectivity index (χ1n) is 5.09. The van der Waals surface area contributed by atoms with Gasteiger partial charge in [0, 0.05) is 0 Å². The highest BCUT2D eigenvalue weighted by atomic mass is 16.3. The van der Waals surface area contributed by atoms with E-state index in [4.69, 9.17) is 4.42 Å². The third kappa shape index (κ3) is 2.48. The largest absolute Gasteiger partial charge is 0.458 e. The summed E-state index contributed by atoms with van der Waals surface area (Å²) >= 11 is 0. The van der Waals surface area contributed by atoms with E-state index in [2.05, 4.69) is 0 Å². The van der Waals surface area contributed by atoms with Crippen LogP contribution in [-0.2, 0) is 0 Å². The van der Waals surface area contributed by atoms with Crippen molar-refractivity contribution >= 4 is 11.9 Å². The van der Waals surface area contributed by atoms with Crippen molar-refractivity contribution in [3.63, 3.8) is 0 Å². The maximum absolute atomic E-state index is 11.7. The van der Waals surface area contributed by atoms with E-state index in [9.17, 15) is 4.79 Å².